The van der Waals surface area contributed by atoms with Gasteiger partial charge in [0, 0.05) is 61.6 Å². The molecule has 14 heteroatoms. The van der Waals surface area contributed by atoms with Gasteiger partial charge in [-0.15, -0.1) is 0 Å². The number of morpholine rings is 1. The summed E-state index contributed by atoms with van der Waals surface area (Å²) in [7, 11) is 1.37. The third kappa shape index (κ3) is 5.26. The molecule has 3 fully saturated rings. The fraction of sp³-hybridized carbons (Fsp3) is 0.559. The Morgan fingerprint density at radius 2 is 1.90 bits per heavy atom. The number of nitrogens with zero attached hydrogens (tertiary/aromatic N) is 1. The van der Waals surface area contributed by atoms with Crippen LogP contribution >= 0.6 is 0 Å². The lowest BCUT2D eigenvalue weighted by Crippen LogP contribution is -2.54. The number of hydrogen-bond donors (Lipinski definition) is 5. The Labute approximate surface area is 277 Å². The van der Waals surface area contributed by atoms with E-state index >= 15 is 0 Å². The summed E-state index contributed by atoms with van der Waals surface area (Å²) in [5, 5.41) is 41.4. The quantitative estimate of drug-likeness (QED) is 0.169. The van der Waals surface area contributed by atoms with Crippen molar-refractivity contribution in [3.63, 3.8) is 0 Å². The first kappa shape index (κ1) is 32.9. The summed E-state index contributed by atoms with van der Waals surface area (Å²) < 4.78 is 30.0. The van der Waals surface area contributed by atoms with E-state index in [1.807, 2.05) is 13.8 Å². The standard InChI is InChI=1S/C34H41N3O11/c1-4-35-8-9-36-33(42)34(43)13-18-25(21(14-34)47-23-12-19-32(16(2)46-23)48-22-15-45-11-10-37(19)22)31(41)27-26(29(18)39)28(38)17-6-5-7-20(44-3)24(17)30(27)40/h5-7,16,19,21-23,32,35,39,41,43H,4,8-15H2,1-3H3,(H,36,42)/t16-,19-,21-,22+,23-,32+,34-/m0/s1. The minimum absolute atomic E-state index is 0.000820. The first-order valence-corrected chi connectivity index (χ1v) is 16.5. The van der Waals surface area contributed by atoms with Gasteiger partial charge in [0.05, 0.1) is 49.2 Å². The zero-order chi connectivity index (χ0) is 33.9. The fourth-order valence-corrected chi connectivity index (χ4v) is 7.90. The second kappa shape index (κ2) is 12.7. The van der Waals surface area contributed by atoms with Crippen LogP contribution in [0, 0.1) is 0 Å². The molecular formula is C34H41N3O11. The largest absolute Gasteiger partial charge is 0.507 e. The lowest BCUT2D eigenvalue weighted by molar-refractivity contribution is -0.247. The normalized spacial score (nSPS) is 30.9. The van der Waals surface area contributed by atoms with Crippen molar-refractivity contribution in [2.24, 2.45) is 0 Å². The van der Waals surface area contributed by atoms with Gasteiger partial charge in [0.15, 0.2) is 12.1 Å². The second-order valence-corrected chi connectivity index (χ2v) is 13.0. The Morgan fingerprint density at radius 1 is 1.10 bits per heavy atom. The molecule has 2 aromatic carbocycles. The van der Waals surface area contributed by atoms with Gasteiger partial charge >= 0.3 is 0 Å². The Kier molecular flexibility index (Phi) is 8.69. The summed E-state index contributed by atoms with van der Waals surface area (Å²) >= 11 is 0. The van der Waals surface area contributed by atoms with Gasteiger partial charge in [-0.25, -0.2) is 0 Å². The number of phenols is 2. The number of nitrogens with one attached hydrogen (secondary N) is 2. The van der Waals surface area contributed by atoms with E-state index in [0.717, 1.165) is 0 Å². The number of ether oxygens (including phenoxy) is 5. The van der Waals surface area contributed by atoms with Crippen LogP contribution in [0.15, 0.2) is 18.2 Å². The molecule has 0 bridgehead atoms. The maximum Gasteiger partial charge on any atom is 0.252 e. The van der Waals surface area contributed by atoms with E-state index in [4.69, 9.17) is 23.7 Å². The van der Waals surface area contributed by atoms with Crippen LogP contribution in [-0.4, -0.2) is 121 Å². The third-order valence-corrected chi connectivity index (χ3v) is 10.2. The van der Waals surface area contributed by atoms with E-state index in [1.165, 1.54) is 19.2 Å². The molecule has 7 rings (SSSR count). The summed E-state index contributed by atoms with van der Waals surface area (Å²) in [5.74, 6) is -3.13. The number of benzene rings is 2. The van der Waals surface area contributed by atoms with Gasteiger partial charge in [-0.05, 0) is 19.5 Å². The number of fused-ring (bicyclic) bond motifs is 6. The Hall–Kier alpha value is -3.63. The Balaban J connectivity index is 1.29. The molecule has 1 amide bonds. The van der Waals surface area contributed by atoms with Gasteiger partial charge in [-0.3, -0.25) is 19.3 Å². The van der Waals surface area contributed by atoms with Crippen LogP contribution in [0.25, 0.3) is 0 Å². The number of aromatic hydroxyl groups is 2. The predicted octanol–water partition coefficient (Wildman–Crippen LogP) is 0.903. The van der Waals surface area contributed by atoms with Crippen LogP contribution in [0.5, 0.6) is 17.2 Å². The van der Waals surface area contributed by atoms with E-state index in [9.17, 15) is 29.7 Å². The van der Waals surface area contributed by atoms with Gasteiger partial charge < -0.3 is 49.6 Å². The number of likely N-dealkylation sites (N-methyl/N-ethyl adjacent to an activating group) is 1. The summed E-state index contributed by atoms with van der Waals surface area (Å²) in [4.78, 5) is 43.6. The van der Waals surface area contributed by atoms with Crippen LogP contribution in [0.4, 0.5) is 0 Å². The van der Waals surface area contributed by atoms with Gasteiger partial charge in [0.1, 0.15) is 35.2 Å². The van der Waals surface area contributed by atoms with Crippen LogP contribution in [-0.2, 0) is 30.2 Å². The van der Waals surface area contributed by atoms with E-state index < -0.39 is 59.0 Å². The highest BCUT2D eigenvalue weighted by Gasteiger charge is 2.53. The van der Waals surface area contributed by atoms with Crippen LogP contribution in [0.3, 0.4) is 0 Å². The lowest BCUT2D eigenvalue weighted by atomic mass is 9.72. The maximum absolute atomic E-state index is 14.0. The molecule has 7 atom stereocenters. The molecule has 14 nitrogen and oxygen atoms in total. The molecule has 0 saturated carbocycles. The number of methoxy groups -OCH3 is 1. The summed E-state index contributed by atoms with van der Waals surface area (Å²) in [5.41, 5.74) is -2.96. The minimum atomic E-state index is -2.10. The molecular weight excluding hydrogens is 626 g/mol. The first-order chi connectivity index (χ1) is 23.1. The van der Waals surface area contributed by atoms with E-state index in [0.29, 0.717) is 39.3 Å². The first-order valence-electron chi connectivity index (χ1n) is 16.5. The topological polar surface area (TPSA) is 185 Å². The highest BCUT2D eigenvalue weighted by molar-refractivity contribution is 6.31. The number of rotatable bonds is 8. The molecule has 2 aromatic rings. The smallest absolute Gasteiger partial charge is 0.252 e. The van der Waals surface area contributed by atoms with Crippen LogP contribution in [0.2, 0.25) is 0 Å². The van der Waals surface area contributed by atoms with Crippen molar-refractivity contribution >= 4 is 17.5 Å². The third-order valence-electron chi connectivity index (χ3n) is 10.2. The molecule has 0 unspecified atom stereocenters. The molecule has 2 aliphatic carbocycles. The molecule has 258 valence electrons. The van der Waals surface area contributed by atoms with Crippen molar-refractivity contribution in [3.05, 3.63) is 51.6 Å². The minimum Gasteiger partial charge on any atom is -0.507 e. The van der Waals surface area contributed by atoms with Crippen molar-refractivity contribution in [2.75, 3.05) is 46.5 Å². The predicted molar refractivity (Wildman–Crippen MR) is 167 cm³/mol. The average Bonchev–Trinajstić information content (AvgIpc) is 3.45. The molecule has 5 aliphatic rings. The van der Waals surface area contributed by atoms with Crippen molar-refractivity contribution in [3.8, 4) is 17.2 Å². The van der Waals surface area contributed by atoms with E-state index in [2.05, 4.69) is 15.5 Å². The van der Waals surface area contributed by atoms with Crippen molar-refractivity contribution < 1.29 is 53.4 Å². The zero-order valence-corrected chi connectivity index (χ0v) is 27.1. The van der Waals surface area contributed by atoms with Crippen molar-refractivity contribution in [1.82, 2.24) is 15.5 Å². The number of carbonyl (C=O) groups excluding carboxylic acids is 3. The lowest BCUT2D eigenvalue weighted by Gasteiger charge is -2.43. The summed E-state index contributed by atoms with van der Waals surface area (Å²) in [6.07, 6.45) is -3.27. The Bertz CT molecular complexity index is 1650. The molecule has 48 heavy (non-hydrogen) atoms. The van der Waals surface area contributed by atoms with Gasteiger partial charge in [0.2, 0.25) is 5.78 Å². The number of phenolic OH excluding ortho intramolecular Hbond substituents is 2. The van der Waals surface area contributed by atoms with Crippen LogP contribution in [0.1, 0.15) is 75.8 Å². The highest BCUT2D eigenvalue weighted by atomic mass is 16.7. The van der Waals surface area contributed by atoms with Crippen molar-refractivity contribution in [2.45, 2.75) is 75.6 Å². The van der Waals surface area contributed by atoms with Gasteiger partial charge in [0.25, 0.3) is 5.91 Å². The number of amides is 1. The molecule has 3 saturated heterocycles. The number of hydrogen-bond acceptors (Lipinski definition) is 13. The van der Waals surface area contributed by atoms with E-state index in [1.54, 1.807) is 6.07 Å². The zero-order valence-electron chi connectivity index (χ0n) is 27.1. The fourth-order valence-electron chi connectivity index (χ4n) is 7.90. The molecule has 3 heterocycles. The Morgan fingerprint density at radius 3 is 2.67 bits per heavy atom. The average molecular weight is 668 g/mol. The molecule has 3 aliphatic heterocycles. The number of ketones is 2. The highest BCUT2D eigenvalue weighted by Crippen LogP contribution is 2.52. The van der Waals surface area contributed by atoms with Gasteiger partial charge in [-0.1, -0.05) is 19.1 Å². The SMILES string of the molecule is CCNCCNC(=O)[C@]1(O)Cc2c(O)c3c(c(O)c2[C@@H](O[C@H]2C[C@H]4[C@H](O[C@@H]5COCCN54)[C@H](C)O2)C1)C(=O)c1c(OC)cccc1C3=O. The van der Waals surface area contributed by atoms with Crippen molar-refractivity contribution in [1.29, 1.82) is 0 Å². The summed E-state index contributed by atoms with van der Waals surface area (Å²) in [6, 6.07) is 4.47. The molecule has 0 aromatic heterocycles. The molecule has 5 N–H and O–H groups in total. The monoisotopic (exact) mass is 667 g/mol. The van der Waals surface area contributed by atoms with Gasteiger partial charge in [-0.2, -0.15) is 0 Å². The second-order valence-electron chi connectivity index (χ2n) is 13.0. The van der Waals surface area contributed by atoms with E-state index in [-0.39, 0.29) is 71.0 Å². The number of aliphatic hydroxyl groups is 1. The number of carbonyl (C=O) groups is 3. The molecule has 0 spiro atoms. The van der Waals surface area contributed by atoms with Crippen LogP contribution < -0.4 is 15.4 Å². The maximum atomic E-state index is 14.0. The molecule has 0 radical (unpaired) electrons. The summed E-state index contributed by atoms with van der Waals surface area (Å²) in [6.45, 7) is 6.88.